The summed E-state index contributed by atoms with van der Waals surface area (Å²) < 4.78 is 18.5. The Bertz CT molecular complexity index is 4050. The first-order valence-electron chi connectivity index (χ1n) is 26.3. The van der Waals surface area contributed by atoms with E-state index in [1.54, 1.807) is 12.2 Å². The Morgan fingerprint density at radius 1 is 0.342 bits per heavy atom. The molecule has 10 rings (SSSR count). The van der Waals surface area contributed by atoms with Gasteiger partial charge in [0.1, 0.15) is 0 Å². The average molecular weight is 1110 g/mol. The summed E-state index contributed by atoms with van der Waals surface area (Å²) in [4.78, 5) is 108. The second-order valence-electron chi connectivity index (χ2n) is 22.3. The molecule has 0 aliphatic heterocycles. The molecular formula is C62H60N4O10Si3. The monoisotopic (exact) mass is 1100 g/mol. The molecule has 0 unspecified atom stereocenters. The first-order chi connectivity index (χ1) is 37.5. The van der Waals surface area contributed by atoms with E-state index in [-0.39, 0.29) is 69.3 Å². The van der Waals surface area contributed by atoms with E-state index in [1.165, 1.54) is 24.3 Å². The van der Waals surface area contributed by atoms with Crippen molar-refractivity contribution in [1.82, 2.24) is 18.3 Å². The van der Waals surface area contributed by atoms with Crippen LogP contribution >= 0.6 is 0 Å². The van der Waals surface area contributed by atoms with Crippen molar-refractivity contribution in [2.24, 2.45) is 0 Å². The normalized spacial score (nSPS) is 12.4. The standard InChI is InChI=1S/C62H60N4O10Si3/c1-9-39-11-19-43(20-12-39)35-63-55(67)47-31-51-52(32-48(47)56(63)68)60(72)65(59(51)71)37-45-23-15-41(16-24-45)27-29-77(3,4)75-79(7,8)76-78(5,6)30-28-42-17-25-46(26-18-42)38-66-61(73)53-33-49-50(34-54(53)62(66)74)58(70)64(57(49)69)36-44-21-13-40(10-2)14-22-44/h9-26,31-34H,1-2,27-30,35-38H2,3-8H3. The van der Waals surface area contributed by atoms with E-state index >= 15 is 0 Å². The van der Waals surface area contributed by atoms with Crippen LogP contribution in [0.15, 0.2) is 173 Å². The van der Waals surface area contributed by atoms with Crippen LogP contribution in [-0.2, 0) is 47.3 Å². The smallest absolute Gasteiger partial charge is 0.311 e. The lowest BCUT2D eigenvalue weighted by Gasteiger charge is -2.39. The third-order valence-electron chi connectivity index (χ3n) is 15.0. The fraction of sp³-hybridized carbons (Fsp3) is 0.226. The molecule has 0 amide bonds. The zero-order valence-corrected chi connectivity index (χ0v) is 48.1. The third-order valence-corrected chi connectivity index (χ3v) is 26.3. The molecule has 14 nitrogen and oxygen atoms in total. The van der Waals surface area contributed by atoms with Crippen LogP contribution in [-0.4, -0.2) is 43.5 Å². The highest BCUT2D eigenvalue weighted by Gasteiger charge is 2.39. The van der Waals surface area contributed by atoms with E-state index < -0.39 is 69.7 Å². The lowest BCUT2D eigenvalue weighted by atomic mass is 10.1. The quantitative estimate of drug-likeness (QED) is 0.0673. The van der Waals surface area contributed by atoms with Crippen molar-refractivity contribution in [3.63, 3.8) is 0 Å². The van der Waals surface area contributed by atoms with Crippen LogP contribution in [0.25, 0.3) is 55.2 Å². The highest BCUT2D eigenvalue weighted by atomic mass is 28.5. The zero-order valence-electron chi connectivity index (χ0n) is 45.1. The molecule has 6 aromatic carbocycles. The van der Waals surface area contributed by atoms with Crippen molar-refractivity contribution in [1.29, 1.82) is 0 Å². The van der Waals surface area contributed by atoms with Gasteiger partial charge < -0.3 is 8.23 Å². The minimum Gasteiger partial charge on any atom is -0.436 e. The van der Waals surface area contributed by atoms with Crippen LogP contribution < -0.4 is 44.5 Å². The molecular weight excluding hydrogens is 1040 g/mol. The highest BCUT2D eigenvalue weighted by Crippen LogP contribution is 2.27. The van der Waals surface area contributed by atoms with Crippen LogP contribution in [0.3, 0.4) is 0 Å². The molecule has 79 heavy (non-hydrogen) atoms. The third kappa shape index (κ3) is 10.9. The van der Waals surface area contributed by atoms with Crippen molar-refractivity contribution >= 4 is 80.4 Å². The van der Waals surface area contributed by atoms with Gasteiger partial charge in [-0.1, -0.05) is 122 Å². The largest absolute Gasteiger partial charge is 0.436 e. The topological polar surface area (TPSA) is 175 Å². The Balaban J connectivity index is 0.723. The molecule has 10 aromatic rings. The van der Waals surface area contributed by atoms with E-state index in [1.807, 2.05) is 97.1 Å². The Kier molecular flexibility index (Phi) is 14.4. The molecule has 0 radical (unpaired) electrons. The lowest BCUT2D eigenvalue weighted by Crippen LogP contribution is -2.52. The average Bonchev–Trinajstić information content (AvgIpc) is 4.07. The minimum absolute atomic E-state index is 0.0447. The number of hydrogen-bond donors (Lipinski definition) is 0. The summed E-state index contributed by atoms with van der Waals surface area (Å²) in [6.07, 6.45) is 4.97. The number of aryl methyl sites for hydroxylation is 2. The molecule has 0 aliphatic rings. The zero-order chi connectivity index (χ0) is 56.3. The van der Waals surface area contributed by atoms with Gasteiger partial charge in [0.15, 0.2) is 16.6 Å². The number of rotatable bonds is 20. The molecule has 4 heterocycles. The molecule has 17 heteroatoms. The van der Waals surface area contributed by atoms with Crippen LogP contribution in [0.5, 0.6) is 0 Å². The molecule has 0 aliphatic carbocycles. The van der Waals surface area contributed by atoms with Gasteiger partial charge in [0.2, 0.25) is 0 Å². The molecule has 400 valence electrons. The van der Waals surface area contributed by atoms with E-state index in [0.717, 1.165) is 87.7 Å². The minimum atomic E-state index is -2.56. The van der Waals surface area contributed by atoms with Gasteiger partial charge in [-0.2, -0.15) is 0 Å². The van der Waals surface area contributed by atoms with Crippen LogP contribution in [0.1, 0.15) is 44.5 Å². The second-order valence-corrected chi connectivity index (χ2v) is 34.8. The maximum Gasteiger partial charge on any atom is 0.311 e. The summed E-state index contributed by atoms with van der Waals surface area (Å²) >= 11 is 0. The first kappa shape index (κ1) is 54.3. The summed E-state index contributed by atoms with van der Waals surface area (Å²) in [6, 6.07) is 37.7. The second kappa shape index (κ2) is 21.0. The molecule has 0 N–H and O–H groups in total. The Morgan fingerprint density at radius 3 is 0.759 bits per heavy atom. The van der Waals surface area contributed by atoms with Crippen LogP contribution in [0, 0.1) is 0 Å². The molecule has 0 atom stereocenters. The van der Waals surface area contributed by atoms with Crippen molar-refractivity contribution in [3.8, 4) is 0 Å². The SMILES string of the molecule is C=Cc1ccc(Cn2c(=O)c3cc4c(=O)n(Cc5ccc(CC[Si](C)(C)O[Si](C)(C)O[Si](C)(C)CCc6ccc(Cn7c(=O)c8cc9c(=O)n(Cc%10ccc(C=C)cc%10)c(=O)c9cc8c7=O)cc6)cc5)c(=O)c4cc3c2=O)cc1. The number of hydrogen-bond acceptors (Lipinski definition) is 10. The highest BCUT2D eigenvalue weighted by molar-refractivity contribution is 6.87. The van der Waals surface area contributed by atoms with E-state index in [0.29, 0.717) is 0 Å². The predicted octanol–water partition coefficient (Wildman–Crippen LogP) is 8.55. The summed E-state index contributed by atoms with van der Waals surface area (Å²) in [7, 11) is -6.99. The number of nitrogens with zero attached hydrogens (tertiary/aromatic N) is 4. The Morgan fingerprint density at radius 2 is 0.544 bits per heavy atom. The lowest BCUT2D eigenvalue weighted by molar-refractivity contribution is 0.388. The van der Waals surface area contributed by atoms with Gasteiger partial charge in [0.05, 0.1) is 69.3 Å². The van der Waals surface area contributed by atoms with Crippen molar-refractivity contribution < 1.29 is 8.23 Å². The maximum absolute atomic E-state index is 13.6. The molecule has 0 spiro atoms. The van der Waals surface area contributed by atoms with E-state index in [9.17, 15) is 38.4 Å². The van der Waals surface area contributed by atoms with Gasteiger partial charge in [-0.05, 0) is 133 Å². The fourth-order valence-corrected chi connectivity index (χ4v) is 24.7. The fourth-order valence-electron chi connectivity index (χ4n) is 10.9. The molecule has 0 saturated carbocycles. The van der Waals surface area contributed by atoms with Crippen molar-refractivity contribution in [2.75, 3.05) is 0 Å². The summed E-state index contributed by atoms with van der Waals surface area (Å²) in [5.41, 5.74) is 3.04. The molecule has 0 fully saturated rings. The van der Waals surface area contributed by atoms with Gasteiger partial charge in [-0.3, -0.25) is 56.6 Å². The van der Waals surface area contributed by atoms with Crippen LogP contribution in [0.2, 0.25) is 51.4 Å². The van der Waals surface area contributed by atoms with Crippen molar-refractivity contribution in [3.05, 3.63) is 262 Å². The first-order valence-corrected chi connectivity index (χ1v) is 35.4. The molecule has 0 bridgehead atoms. The van der Waals surface area contributed by atoms with Crippen LogP contribution in [0.4, 0.5) is 0 Å². The number of benzene rings is 6. The number of aromatic nitrogens is 4. The van der Waals surface area contributed by atoms with Crippen molar-refractivity contribution in [2.45, 2.75) is 90.4 Å². The summed E-state index contributed by atoms with van der Waals surface area (Å²) in [6.45, 7) is 20.8. The van der Waals surface area contributed by atoms with E-state index in [4.69, 9.17) is 8.23 Å². The van der Waals surface area contributed by atoms with Gasteiger partial charge in [0.25, 0.3) is 44.5 Å². The van der Waals surface area contributed by atoms with Gasteiger partial charge in [0, 0.05) is 0 Å². The summed E-state index contributed by atoms with van der Waals surface area (Å²) in [5, 5.41) is 0.917. The maximum atomic E-state index is 13.6. The van der Waals surface area contributed by atoms with Gasteiger partial charge >= 0.3 is 8.56 Å². The molecule has 4 aromatic heterocycles. The molecule has 0 saturated heterocycles. The van der Waals surface area contributed by atoms with Gasteiger partial charge in [-0.25, -0.2) is 0 Å². The Labute approximate surface area is 456 Å². The predicted molar refractivity (Wildman–Crippen MR) is 324 cm³/mol. The van der Waals surface area contributed by atoms with Gasteiger partial charge in [-0.15, -0.1) is 0 Å². The summed E-state index contributed by atoms with van der Waals surface area (Å²) in [5.74, 6) is 0. The van der Waals surface area contributed by atoms with E-state index in [2.05, 4.69) is 52.4 Å². The Hall–Kier alpha value is -8.07. The number of fused-ring (bicyclic) bond motifs is 4.